The maximum Gasteiger partial charge on any atom is 0.233 e. The lowest BCUT2D eigenvalue weighted by molar-refractivity contribution is -0.120. The van der Waals surface area contributed by atoms with Crippen molar-refractivity contribution in [2.45, 2.75) is 48.8 Å². The smallest absolute Gasteiger partial charge is 0.233 e. The van der Waals surface area contributed by atoms with E-state index < -0.39 is 0 Å². The molecular weight excluding hydrogens is 249 g/mol. The number of hydrogen-bond donors (Lipinski definition) is 1. The van der Waals surface area contributed by atoms with E-state index in [2.05, 4.69) is 5.32 Å². The lowest BCUT2D eigenvalue weighted by Crippen LogP contribution is -2.37. The molecular formula is C14H18FNOS. The van der Waals surface area contributed by atoms with Crippen molar-refractivity contribution < 1.29 is 9.18 Å². The third-order valence-corrected chi connectivity index (χ3v) is 4.36. The highest BCUT2D eigenvalue weighted by Gasteiger charge is 2.21. The lowest BCUT2D eigenvalue weighted by Gasteiger charge is -2.16. The van der Waals surface area contributed by atoms with E-state index in [1.54, 1.807) is 18.2 Å². The predicted octanol–water partition coefficient (Wildman–Crippen LogP) is 3.37. The maximum absolute atomic E-state index is 13.5. The van der Waals surface area contributed by atoms with Gasteiger partial charge in [0.05, 0.1) is 5.25 Å². The zero-order valence-electron chi connectivity index (χ0n) is 10.5. The molecule has 1 saturated carbocycles. The average Bonchev–Trinajstić information content (AvgIpc) is 2.84. The van der Waals surface area contributed by atoms with Crippen LogP contribution in [-0.2, 0) is 4.79 Å². The predicted molar refractivity (Wildman–Crippen MR) is 72.1 cm³/mol. The van der Waals surface area contributed by atoms with Crippen LogP contribution in [0.15, 0.2) is 29.2 Å². The Morgan fingerprint density at radius 3 is 2.72 bits per heavy atom. The number of amides is 1. The Balaban J connectivity index is 1.89. The number of carbonyl (C=O) groups excluding carboxylic acids is 1. The number of carbonyl (C=O) groups is 1. The number of rotatable bonds is 4. The molecule has 1 aromatic rings. The molecule has 2 rings (SSSR count). The molecule has 0 aromatic heterocycles. The Kier molecular flexibility index (Phi) is 4.64. The maximum atomic E-state index is 13.5. The summed E-state index contributed by atoms with van der Waals surface area (Å²) in [6, 6.07) is 6.89. The second kappa shape index (κ2) is 6.23. The van der Waals surface area contributed by atoms with Gasteiger partial charge in [0, 0.05) is 10.9 Å². The molecule has 0 heterocycles. The van der Waals surface area contributed by atoms with Gasteiger partial charge in [0.25, 0.3) is 0 Å². The Bertz CT molecular complexity index is 418. The summed E-state index contributed by atoms with van der Waals surface area (Å²) in [5.41, 5.74) is 0. The molecule has 0 spiro atoms. The normalized spacial score (nSPS) is 17.7. The summed E-state index contributed by atoms with van der Waals surface area (Å²) in [6.45, 7) is 1.82. The van der Waals surface area contributed by atoms with E-state index in [9.17, 15) is 9.18 Å². The van der Waals surface area contributed by atoms with Crippen LogP contribution in [0.25, 0.3) is 0 Å². The van der Waals surface area contributed by atoms with Crippen molar-refractivity contribution in [1.29, 1.82) is 0 Å². The van der Waals surface area contributed by atoms with Gasteiger partial charge in [-0.2, -0.15) is 0 Å². The van der Waals surface area contributed by atoms with Gasteiger partial charge in [0.1, 0.15) is 5.82 Å². The van der Waals surface area contributed by atoms with Gasteiger partial charge in [-0.3, -0.25) is 4.79 Å². The molecule has 1 aliphatic rings. The Hall–Kier alpha value is -1.03. The molecule has 0 aliphatic heterocycles. The fourth-order valence-electron chi connectivity index (χ4n) is 2.17. The van der Waals surface area contributed by atoms with Crippen LogP contribution in [0.4, 0.5) is 4.39 Å². The van der Waals surface area contributed by atoms with Crippen LogP contribution in [0, 0.1) is 5.82 Å². The van der Waals surface area contributed by atoms with Gasteiger partial charge >= 0.3 is 0 Å². The first-order valence-electron chi connectivity index (χ1n) is 6.38. The molecule has 1 atom stereocenters. The number of nitrogens with one attached hydrogen (secondary N) is 1. The molecule has 4 heteroatoms. The van der Waals surface area contributed by atoms with Crippen LogP contribution in [0.1, 0.15) is 32.6 Å². The second-order valence-electron chi connectivity index (χ2n) is 4.68. The summed E-state index contributed by atoms with van der Waals surface area (Å²) < 4.78 is 13.5. The molecule has 1 N–H and O–H groups in total. The zero-order valence-corrected chi connectivity index (χ0v) is 11.3. The van der Waals surface area contributed by atoms with Gasteiger partial charge in [0.2, 0.25) is 5.91 Å². The molecule has 1 aromatic carbocycles. The number of hydrogen-bond acceptors (Lipinski definition) is 2. The van der Waals surface area contributed by atoms with Crippen LogP contribution in [0.5, 0.6) is 0 Å². The van der Waals surface area contributed by atoms with Crippen LogP contribution < -0.4 is 5.32 Å². The zero-order chi connectivity index (χ0) is 13.0. The largest absolute Gasteiger partial charge is 0.352 e. The summed E-state index contributed by atoms with van der Waals surface area (Å²) >= 11 is 1.27. The van der Waals surface area contributed by atoms with Crippen molar-refractivity contribution in [1.82, 2.24) is 5.32 Å². The van der Waals surface area contributed by atoms with Crippen molar-refractivity contribution >= 4 is 17.7 Å². The molecule has 0 radical (unpaired) electrons. The Labute approximate surface area is 111 Å². The molecule has 1 unspecified atom stereocenters. The number of benzene rings is 1. The van der Waals surface area contributed by atoms with Gasteiger partial charge in [-0.25, -0.2) is 4.39 Å². The van der Waals surface area contributed by atoms with Gasteiger partial charge < -0.3 is 5.32 Å². The summed E-state index contributed by atoms with van der Waals surface area (Å²) in [5, 5.41) is 2.77. The summed E-state index contributed by atoms with van der Waals surface area (Å²) in [5.74, 6) is -0.252. The van der Waals surface area contributed by atoms with E-state index in [-0.39, 0.29) is 17.0 Å². The summed E-state index contributed by atoms with van der Waals surface area (Å²) in [6.07, 6.45) is 4.53. The van der Waals surface area contributed by atoms with E-state index in [0.29, 0.717) is 10.9 Å². The van der Waals surface area contributed by atoms with Crippen LogP contribution in [-0.4, -0.2) is 17.2 Å². The van der Waals surface area contributed by atoms with E-state index in [1.165, 1.54) is 30.7 Å². The van der Waals surface area contributed by atoms with Crippen molar-refractivity contribution in [2.75, 3.05) is 0 Å². The highest BCUT2D eigenvalue weighted by Crippen LogP contribution is 2.26. The molecule has 0 bridgehead atoms. The first kappa shape index (κ1) is 13.4. The number of halogens is 1. The van der Waals surface area contributed by atoms with Crippen LogP contribution >= 0.6 is 11.8 Å². The third kappa shape index (κ3) is 3.48. The molecule has 18 heavy (non-hydrogen) atoms. The first-order chi connectivity index (χ1) is 8.66. The lowest BCUT2D eigenvalue weighted by atomic mass is 10.2. The fraction of sp³-hybridized carbons (Fsp3) is 0.500. The third-order valence-electron chi connectivity index (χ3n) is 3.21. The minimum Gasteiger partial charge on any atom is -0.352 e. The van der Waals surface area contributed by atoms with Crippen molar-refractivity contribution in [2.24, 2.45) is 0 Å². The minimum absolute atomic E-state index is 0.00940. The Morgan fingerprint density at radius 1 is 1.39 bits per heavy atom. The monoisotopic (exact) mass is 267 g/mol. The summed E-state index contributed by atoms with van der Waals surface area (Å²) in [4.78, 5) is 12.5. The highest BCUT2D eigenvalue weighted by atomic mass is 32.2. The van der Waals surface area contributed by atoms with Crippen molar-refractivity contribution in [3.8, 4) is 0 Å². The second-order valence-corrected chi connectivity index (χ2v) is 6.06. The molecule has 98 valence electrons. The molecule has 2 nitrogen and oxygen atoms in total. The minimum atomic E-state index is -0.262. The molecule has 1 amide bonds. The number of thioether (sulfide) groups is 1. The van der Waals surface area contributed by atoms with E-state index in [1.807, 2.05) is 6.92 Å². The van der Waals surface area contributed by atoms with Gasteiger partial charge in [-0.15, -0.1) is 11.8 Å². The van der Waals surface area contributed by atoms with Crippen LogP contribution in [0.3, 0.4) is 0 Å². The first-order valence-corrected chi connectivity index (χ1v) is 7.26. The van der Waals surface area contributed by atoms with Crippen molar-refractivity contribution in [3.05, 3.63) is 30.1 Å². The SMILES string of the molecule is CC(Sc1ccccc1F)C(=O)NC1CCCC1. The van der Waals surface area contributed by atoms with Crippen molar-refractivity contribution in [3.63, 3.8) is 0 Å². The van der Waals surface area contributed by atoms with Gasteiger partial charge in [-0.05, 0) is 31.9 Å². The topological polar surface area (TPSA) is 29.1 Å². The molecule has 1 aliphatic carbocycles. The van der Waals surface area contributed by atoms with E-state index >= 15 is 0 Å². The van der Waals surface area contributed by atoms with E-state index in [0.717, 1.165) is 12.8 Å². The summed E-state index contributed by atoms with van der Waals surface area (Å²) in [7, 11) is 0. The van der Waals surface area contributed by atoms with Gasteiger partial charge in [0.15, 0.2) is 0 Å². The van der Waals surface area contributed by atoms with Gasteiger partial charge in [-0.1, -0.05) is 25.0 Å². The Morgan fingerprint density at radius 2 is 2.06 bits per heavy atom. The molecule has 0 saturated heterocycles. The quantitative estimate of drug-likeness (QED) is 0.847. The van der Waals surface area contributed by atoms with E-state index in [4.69, 9.17) is 0 Å². The van der Waals surface area contributed by atoms with Crippen LogP contribution in [0.2, 0.25) is 0 Å². The molecule has 1 fully saturated rings. The standard InChI is InChI=1S/C14H18FNOS/c1-10(14(17)16-11-6-2-3-7-11)18-13-9-5-4-8-12(13)15/h4-5,8-11H,2-3,6-7H2,1H3,(H,16,17). The highest BCUT2D eigenvalue weighted by molar-refractivity contribution is 8.00. The average molecular weight is 267 g/mol. The fourth-order valence-corrected chi connectivity index (χ4v) is 3.07.